The SMILES string of the molecule is COCC(=O)NCC(C)CNC(=O)COC. The zero-order valence-electron chi connectivity index (χ0n) is 10.0. The maximum Gasteiger partial charge on any atom is 0.245 e. The number of amides is 2. The first kappa shape index (κ1) is 14.9. The molecule has 0 radical (unpaired) electrons. The minimum Gasteiger partial charge on any atom is -0.375 e. The van der Waals surface area contributed by atoms with Crippen LogP contribution in [0.15, 0.2) is 0 Å². The molecule has 6 nitrogen and oxygen atoms in total. The van der Waals surface area contributed by atoms with Crippen LogP contribution in [0.4, 0.5) is 0 Å². The van der Waals surface area contributed by atoms with E-state index in [1.165, 1.54) is 14.2 Å². The average Bonchev–Trinajstić information content (AvgIpc) is 2.24. The molecule has 0 bridgehead atoms. The Kier molecular flexibility index (Phi) is 8.46. The third-order valence-corrected chi connectivity index (χ3v) is 1.85. The van der Waals surface area contributed by atoms with Crippen molar-refractivity contribution in [3.63, 3.8) is 0 Å². The van der Waals surface area contributed by atoms with Gasteiger partial charge in [-0.2, -0.15) is 0 Å². The highest BCUT2D eigenvalue weighted by molar-refractivity contribution is 5.77. The van der Waals surface area contributed by atoms with Gasteiger partial charge in [0.25, 0.3) is 0 Å². The van der Waals surface area contributed by atoms with Crippen LogP contribution in [0.2, 0.25) is 0 Å². The van der Waals surface area contributed by atoms with Gasteiger partial charge in [0, 0.05) is 27.3 Å². The molecule has 0 aliphatic carbocycles. The molecular formula is C10H20N2O4. The highest BCUT2D eigenvalue weighted by Gasteiger charge is 2.07. The molecule has 0 aliphatic rings. The van der Waals surface area contributed by atoms with E-state index in [0.717, 1.165) is 0 Å². The van der Waals surface area contributed by atoms with Gasteiger partial charge >= 0.3 is 0 Å². The van der Waals surface area contributed by atoms with Crippen LogP contribution in [0.1, 0.15) is 6.92 Å². The molecule has 16 heavy (non-hydrogen) atoms. The van der Waals surface area contributed by atoms with Crippen LogP contribution in [-0.4, -0.2) is 52.3 Å². The van der Waals surface area contributed by atoms with Gasteiger partial charge in [0.05, 0.1) is 0 Å². The van der Waals surface area contributed by atoms with Crippen molar-refractivity contribution in [2.45, 2.75) is 6.92 Å². The van der Waals surface area contributed by atoms with Crippen molar-refractivity contribution >= 4 is 11.8 Å². The molecule has 0 fully saturated rings. The lowest BCUT2D eigenvalue weighted by Crippen LogP contribution is -2.37. The fourth-order valence-corrected chi connectivity index (χ4v) is 1.01. The van der Waals surface area contributed by atoms with E-state index in [0.29, 0.717) is 13.1 Å². The van der Waals surface area contributed by atoms with E-state index in [-0.39, 0.29) is 30.9 Å². The number of carbonyl (C=O) groups excluding carboxylic acids is 2. The van der Waals surface area contributed by atoms with Gasteiger partial charge in [0.15, 0.2) is 0 Å². The van der Waals surface area contributed by atoms with Crippen molar-refractivity contribution in [3.05, 3.63) is 0 Å². The normalized spacial score (nSPS) is 10.2. The van der Waals surface area contributed by atoms with Gasteiger partial charge < -0.3 is 20.1 Å². The minimum absolute atomic E-state index is 0.0583. The Morgan fingerprint density at radius 3 is 1.69 bits per heavy atom. The van der Waals surface area contributed by atoms with Crippen LogP contribution in [0.5, 0.6) is 0 Å². The molecular weight excluding hydrogens is 212 g/mol. The van der Waals surface area contributed by atoms with Crippen LogP contribution in [0, 0.1) is 5.92 Å². The number of carbonyl (C=O) groups is 2. The van der Waals surface area contributed by atoms with Crippen LogP contribution >= 0.6 is 0 Å². The van der Waals surface area contributed by atoms with Crippen LogP contribution in [-0.2, 0) is 19.1 Å². The maximum absolute atomic E-state index is 11.0. The number of nitrogens with one attached hydrogen (secondary N) is 2. The van der Waals surface area contributed by atoms with Crippen LogP contribution < -0.4 is 10.6 Å². The summed E-state index contributed by atoms with van der Waals surface area (Å²) in [5.74, 6) is -0.142. The summed E-state index contributed by atoms with van der Waals surface area (Å²) in [6.07, 6.45) is 0. The summed E-state index contributed by atoms with van der Waals surface area (Å²) in [6, 6.07) is 0. The number of methoxy groups -OCH3 is 2. The summed E-state index contributed by atoms with van der Waals surface area (Å²) < 4.78 is 9.34. The van der Waals surface area contributed by atoms with Gasteiger partial charge in [0.1, 0.15) is 13.2 Å². The molecule has 0 aromatic heterocycles. The average molecular weight is 232 g/mol. The van der Waals surface area contributed by atoms with Gasteiger partial charge in [-0.3, -0.25) is 9.59 Å². The molecule has 6 heteroatoms. The van der Waals surface area contributed by atoms with E-state index in [9.17, 15) is 9.59 Å². The smallest absolute Gasteiger partial charge is 0.245 e. The van der Waals surface area contributed by atoms with Crippen molar-refractivity contribution in [2.75, 3.05) is 40.5 Å². The van der Waals surface area contributed by atoms with E-state index < -0.39 is 0 Å². The first-order valence-electron chi connectivity index (χ1n) is 5.11. The zero-order valence-corrected chi connectivity index (χ0v) is 10.0. The zero-order chi connectivity index (χ0) is 12.4. The lowest BCUT2D eigenvalue weighted by Gasteiger charge is -2.13. The lowest BCUT2D eigenvalue weighted by atomic mass is 10.2. The molecule has 0 unspecified atom stereocenters. The van der Waals surface area contributed by atoms with Crippen LogP contribution in [0.25, 0.3) is 0 Å². The van der Waals surface area contributed by atoms with E-state index in [1.54, 1.807) is 0 Å². The molecule has 0 aromatic rings. The number of rotatable bonds is 8. The van der Waals surface area contributed by atoms with Crippen molar-refractivity contribution < 1.29 is 19.1 Å². The van der Waals surface area contributed by atoms with E-state index in [4.69, 9.17) is 0 Å². The second kappa shape index (κ2) is 9.11. The number of hydrogen-bond acceptors (Lipinski definition) is 4. The molecule has 0 saturated heterocycles. The standard InChI is InChI=1S/C10H20N2O4/c1-8(4-11-9(13)6-15-2)5-12-10(14)7-16-3/h8H,4-7H2,1-3H3,(H,11,13)(H,12,14). The Morgan fingerprint density at radius 1 is 1.00 bits per heavy atom. The van der Waals surface area contributed by atoms with E-state index in [2.05, 4.69) is 20.1 Å². The summed E-state index contributed by atoms with van der Waals surface area (Å²) in [5.41, 5.74) is 0. The monoisotopic (exact) mass is 232 g/mol. The topological polar surface area (TPSA) is 76.7 Å². The predicted octanol–water partition coefficient (Wildman–Crippen LogP) is -0.852. The summed E-state index contributed by atoms with van der Waals surface area (Å²) in [4.78, 5) is 22.1. The largest absolute Gasteiger partial charge is 0.375 e. The molecule has 0 atom stereocenters. The fourth-order valence-electron chi connectivity index (χ4n) is 1.01. The predicted molar refractivity (Wildman–Crippen MR) is 58.9 cm³/mol. The van der Waals surface area contributed by atoms with Crippen molar-refractivity contribution in [1.29, 1.82) is 0 Å². The molecule has 2 N–H and O–H groups in total. The van der Waals surface area contributed by atoms with Gasteiger partial charge in [-0.25, -0.2) is 0 Å². The summed E-state index contributed by atoms with van der Waals surface area (Å²) in [5, 5.41) is 5.39. The molecule has 0 aromatic carbocycles. The maximum atomic E-state index is 11.0. The molecule has 94 valence electrons. The Morgan fingerprint density at radius 2 is 1.38 bits per heavy atom. The summed E-state index contributed by atoms with van der Waals surface area (Å²) in [6.45, 7) is 3.07. The van der Waals surface area contributed by atoms with Crippen molar-refractivity contribution in [1.82, 2.24) is 10.6 Å². The second-order valence-electron chi connectivity index (χ2n) is 3.58. The Labute approximate surface area is 95.7 Å². The van der Waals surface area contributed by atoms with E-state index in [1.807, 2.05) is 6.92 Å². The highest BCUT2D eigenvalue weighted by Crippen LogP contribution is 1.89. The fraction of sp³-hybridized carbons (Fsp3) is 0.800. The first-order chi connectivity index (χ1) is 7.60. The minimum atomic E-state index is -0.155. The Balaban J connectivity index is 3.54. The quantitative estimate of drug-likeness (QED) is 0.571. The molecule has 0 aliphatic heterocycles. The van der Waals surface area contributed by atoms with Crippen LogP contribution in [0.3, 0.4) is 0 Å². The second-order valence-corrected chi connectivity index (χ2v) is 3.58. The molecule has 0 heterocycles. The summed E-state index contributed by atoms with van der Waals surface area (Å²) >= 11 is 0. The lowest BCUT2D eigenvalue weighted by molar-refractivity contribution is -0.124. The van der Waals surface area contributed by atoms with Crippen molar-refractivity contribution in [2.24, 2.45) is 5.92 Å². The molecule has 0 spiro atoms. The molecule has 2 amide bonds. The van der Waals surface area contributed by atoms with E-state index >= 15 is 0 Å². The number of hydrogen-bond donors (Lipinski definition) is 2. The van der Waals surface area contributed by atoms with Gasteiger partial charge in [-0.1, -0.05) is 6.92 Å². The molecule has 0 rings (SSSR count). The summed E-state index contributed by atoms with van der Waals surface area (Å²) in [7, 11) is 2.93. The molecule has 0 saturated carbocycles. The Hall–Kier alpha value is -1.14. The van der Waals surface area contributed by atoms with Gasteiger partial charge in [0.2, 0.25) is 11.8 Å². The van der Waals surface area contributed by atoms with Gasteiger partial charge in [-0.05, 0) is 5.92 Å². The Bertz CT molecular complexity index is 199. The third kappa shape index (κ3) is 8.19. The third-order valence-electron chi connectivity index (χ3n) is 1.85. The first-order valence-corrected chi connectivity index (χ1v) is 5.11. The highest BCUT2D eigenvalue weighted by atomic mass is 16.5. The van der Waals surface area contributed by atoms with Crippen molar-refractivity contribution in [3.8, 4) is 0 Å². The number of ether oxygens (including phenoxy) is 2. The van der Waals surface area contributed by atoms with Gasteiger partial charge in [-0.15, -0.1) is 0 Å².